The summed E-state index contributed by atoms with van der Waals surface area (Å²) in [7, 11) is 0. The second-order valence-corrected chi connectivity index (χ2v) is 3.05. The van der Waals surface area contributed by atoms with E-state index in [4.69, 9.17) is 4.74 Å². The molecule has 0 aromatic heterocycles. The first-order valence-corrected chi connectivity index (χ1v) is 4.42. The van der Waals surface area contributed by atoms with Gasteiger partial charge in [-0.3, -0.25) is 19.3 Å². The molecule has 1 rings (SSSR count). The standard InChI is InChI=1S/C10H11NO4/c1-3-4-5-11-9(13)6-8(10(11)14)15-7(2)12/h4,8H,1,5-6H2,2H3. The van der Waals surface area contributed by atoms with Crippen molar-refractivity contribution in [1.29, 1.82) is 0 Å². The molecule has 0 aromatic rings. The van der Waals surface area contributed by atoms with Gasteiger partial charge in [0.25, 0.3) is 5.91 Å². The van der Waals surface area contributed by atoms with Crippen LogP contribution in [0, 0.1) is 0 Å². The van der Waals surface area contributed by atoms with E-state index < -0.39 is 18.0 Å². The van der Waals surface area contributed by atoms with Gasteiger partial charge in [0.2, 0.25) is 5.91 Å². The molecule has 0 saturated carbocycles. The van der Waals surface area contributed by atoms with Gasteiger partial charge in [-0.15, -0.1) is 5.73 Å². The maximum atomic E-state index is 11.5. The molecule has 1 fully saturated rings. The summed E-state index contributed by atoms with van der Waals surface area (Å²) in [4.78, 5) is 34.5. The third kappa shape index (κ3) is 2.54. The van der Waals surface area contributed by atoms with Gasteiger partial charge >= 0.3 is 5.97 Å². The molecule has 5 heteroatoms. The average Bonchev–Trinajstić information content (AvgIpc) is 2.39. The SMILES string of the molecule is C=C=CCN1C(=O)CC(OC(C)=O)C1=O. The lowest BCUT2D eigenvalue weighted by molar-refractivity contribution is -0.154. The van der Waals surface area contributed by atoms with Crippen LogP contribution in [0.5, 0.6) is 0 Å². The highest BCUT2D eigenvalue weighted by Gasteiger charge is 2.39. The highest BCUT2D eigenvalue weighted by molar-refractivity contribution is 6.05. The van der Waals surface area contributed by atoms with E-state index >= 15 is 0 Å². The third-order valence-corrected chi connectivity index (χ3v) is 1.93. The molecule has 1 atom stereocenters. The first kappa shape index (κ1) is 11.2. The monoisotopic (exact) mass is 209 g/mol. The summed E-state index contributed by atoms with van der Waals surface area (Å²) in [6, 6.07) is 0. The van der Waals surface area contributed by atoms with Crippen molar-refractivity contribution in [2.24, 2.45) is 0 Å². The molecular weight excluding hydrogens is 198 g/mol. The fourth-order valence-corrected chi connectivity index (χ4v) is 1.29. The second kappa shape index (κ2) is 4.57. The number of hydrogen-bond acceptors (Lipinski definition) is 4. The van der Waals surface area contributed by atoms with Crippen LogP contribution in [-0.4, -0.2) is 35.3 Å². The summed E-state index contributed by atoms with van der Waals surface area (Å²) >= 11 is 0. The average molecular weight is 209 g/mol. The Balaban J connectivity index is 2.69. The smallest absolute Gasteiger partial charge is 0.303 e. The zero-order chi connectivity index (χ0) is 11.4. The van der Waals surface area contributed by atoms with Crippen molar-refractivity contribution in [2.75, 3.05) is 6.54 Å². The van der Waals surface area contributed by atoms with E-state index in [9.17, 15) is 14.4 Å². The maximum Gasteiger partial charge on any atom is 0.303 e. The summed E-state index contributed by atoms with van der Waals surface area (Å²) in [6.07, 6.45) is 0.420. The fraction of sp³-hybridized carbons (Fsp3) is 0.400. The zero-order valence-corrected chi connectivity index (χ0v) is 8.36. The zero-order valence-electron chi connectivity index (χ0n) is 8.36. The Morgan fingerprint density at radius 1 is 1.73 bits per heavy atom. The Morgan fingerprint density at radius 2 is 2.40 bits per heavy atom. The largest absolute Gasteiger partial charge is 0.452 e. The topological polar surface area (TPSA) is 63.7 Å². The van der Waals surface area contributed by atoms with Gasteiger partial charge in [-0.25, -0.2) is 0 Å². The minimum atomic E-state index is -0.965. The van der Waals surface area contributed by atoms with Crippen molar-refractivity contribution in [1.82, 2.24) is 4.90 Å². The molecule has 1 saturated heterocycles. The molecule has 0 aliphatic carbocycles. The summed E-state index contributed by atoms with van der Waals surface area (Å²) in [5, 5.41) is 0. The van der Waals surface area contributed by atoms with Crippen molar-refractivity contribution < 1.29 is 19.1 Å². The van der Waals surface area contributed by atoms with Gasteiger partial charge in [0.05, 0.1) is 13.0 Å². The number of amides is 2. The lowest BCUT2D eigenvalue weighted by atomic mass is 10.3. The molecule has 0 radical (unpaired) electrons. The lowest BCUT2D eigenvalue weighted by Gasteiger charge is -2.11. The molecule has 80 valence electrons. The Kier molecular flexibility index (Phi) is 3.42. The summed E-state index contributed by atoms with van der Waals surface area (Å²) < 4.78 is 4.70. The van der Waals surface area contributed by atoms with Crippen LogP contribution < -0.4 is 0 Å². The molecule has 1 unspecified atom stereocenters. The van der Waals surface area contributed by atoms with Gasteiger partial charge in [0, 0.05) is 6.92 Å². The van der Waals surface area contributed by atoms with Crippen molar-refractivity contribution in [3.8, 4) is 0 Å². The number of ether oxygens (including phenoxy) is 1. The van der Waals surface area contributed by atoms with Crippen LogP contribution in [0.3, 0.4) is 0 Å². The van der Waals surface area contributed by atoms with E-state index in [0.29, 0.717) is 0 Å². The van der Waals surface area contributed by atoms with Gasteiger partial charge in [0.1, 0.15) is 0 Å². The van der Waals surface area contributed by atoms with Gasteiger partial charge in [-0.05, 0) is 6.08 Å². The van der Waals surface area contributed by atoms with Crippen molar-refractivity contribution in [2.45, 2.75) is 19.4 Å². The number of carbonyl (C=O) groups is 3. The predicted molar refractivity (Wildman–Crippen MR) is 50.6 cm³/mol. The Bertz CT molecular complexity index is 354. The van der Waals surface area contributed by atoms with Crippen LogP contribution in [0.4, 0.5) is 0 Å². The van der Waals surface area contributed by atoms with Crippen LogP contribution in [0.25, 0.3) is 0 Å². The number of hydrogen-bond donors (Lipinski definition) is 0. The normalized spacial score (nSPS) is 20.1. The molecule has 0 N–H and O–H groups in total. The predicted octanol–water partition coefficient (Wildman–Crippen LogP) is 0.0181. The first-order valence-electron chi connectivity index (χ1n) is 4.42. The number of likely N-dealkylation sites (tertiary alicyclic amines) is 1. The molecular formula is C10H11NO4. The molecule has 1 aliphatic rings. The van der Waals surface area contributed by atoms with Crippen molar-refractivity contribution >= 4 is 17.8 Å². The Labute approximate surface area is 87.0 Å². The minimum absolute atomic E-state index is 0.0800. The van der Waals surface area contributed by atoms with Gasteiger partial charge in [-0.2, -0.15) is 0 Å². The fourth-order valence-electron chi connectivity index (χ4n) is 1.29. The molecule has 1 heterocycles. The van der Waals surface area contributed by atoms with Crippen LogP contribution in [0.1, 0.15) is 13.3 Å². The third-order valence-electron chi connectivity index (χ3n) is 1.93. The van der Waals surface area contributed by atoms with Gasteiger partial charge < -0.3 is 4.74 Å². The molecule has 1 aliphatic heterocycles. The van der Waals surface area contributed by atoms with Crippen LogP contribution >= 0.6 is 0 Å². The number of nitrogens with zero attached hydrogens (tertiary/aromatic N) is 1. The summed E-state index contributed by atoms with van der Waals surface area (Å²) in [6.45, 7) is 4.65. The molecule has 5 nitrogen and oxygen atoms in total. The van der Waals surface area contributed by atoms with E-state index in [0.717, 1.165) is 4.90 Å². The van der Waals surface area contributed by atoms with Crippen molar-refractivity contribution in [3.63, 3.8) is 0 Å². The van der Waals surface area contributed by atoms with Crippen LogP contribution in [0.2, 0.25) is 0 Å². The summed E-state index contributed by atoms with van der Waals surface area (Å²) in [5.74, 6) is -1.40. The maximum absolute atomic E-state index is 11.5. The van der Waals surface area contributed by atoms with E-state index in [-0.39, 0.29) is 18.9 Å². The number of esters is 1. The van der Waals surface area contributed by atoms with Gasteiger partial charge in [-0.1, -0.05) is 6.58 Å². The number of rotatable bonds is 3. The van der Waals surface area contributed by atoms with Gasteiger partial charge in [0.15, 0.2) is 6.10 Å². The Hall–Kier alpha value is -1.87. The van der Waals surface area contributed by atoms with Crippen molar-refractivity contribution in [3.05, 3.63) is 18.4 Å². The second-order valence-electron chi connectivity index (χ2n) is 3.05. The molecule has 15 heavy (non-hydrogen) atoms. The first-order chi connectivity index (χ1) is 7.06. The van der Waals surface area contributed by atoms with E-state index in [1.165, 1.54) is 13.0 Å². The van der Waals surface area contributed by atoms with Crippen LogP contribution in [0.15, 0.2) is 18.4 Å². The van der Waals surface area contributed by atoms with E-state index in [1.807, 2.05) is 0 Å². The quantitative estimate of drug-likeness (QED) is 0.373. The summed E-state index contributed by atoms with van der Waals surface area (Å²) in [5.41, 5.74) is 2.46. The highest BCUT2D eigenvalue weighted by atomic mass is 16.5. The number of carbonyl (C=O) groups excluding carboxylic acids is 3. The lowest BCUT2D eigenvalue weighted by Crippen LogP contribution is -2.33. The van der Waals surface area contributed by atoms with E-state index in [1.54, 1.807) is 0 Å². The molecule has 2 amide bonds. The van der Waals surface area contributed by atoms with Crippen LogP contribution in [-0.2, 0) is 19.1 Å². The number of imide groups is 1. The Morgan fingerprint density at radius 3 is 2.93 bits per heavy atom. The minimum Gasteiger partial charge on any atom is -0.452 e. The molecule has 0 bridgehead atoms. The highest BCUT2D eigenvalue weighted by Crippen LogP contribution is 2.15. The molecule has 0 spiro atoms. The molecule has 0 aromatic carbocycles. The van der Waals surface area contributed by atoms with E-state index in [2.05, 4.69) is 12.3 Å².